The van der Waals surface area contributed by atoms with Gasteiger partial charge < -0.3 is 19.2 Å². The number of aliphatic hydroxyl groups excluding tert-OH is 1. The average molecular weight is 481 g/mol. The van der Waals surface area contributed by atoms with E-state index in [0.717, 1.165) is 19.3 Å². The second kappa shape index (κ2) is 20.1. The predicted octanol–water partition coefficient (Wildman–Crippen LogP) is 5.46. The Morgan fingerprint density at radius 2 is 1.38 bits per heavy atom. The van der Waals surface area contributed by atoms with Gasteiger partial charge in [-0.25, -0.2) is 4.57 Å². The number of nitrogens with zero attached hydrogens (tertiary/aromatic N) is 1. The van der Waals surface area contributed by atoms with Crippen molar-refractivity contribution in [2.45, 2.75) is 90.1 Å². The van der Waals surface area contributed by atoms with Gasteiger partial charge in [0.2, 0.25) is 0 Å². The average Bonchev–Trinajstić information content (AvgIpc) is 2.71. The maximum absolute atomic E-state index is 11.8. The van der Waals surface area contributed by atoms with Crippen LogP contribution in [0, 0.1) is 0 Å². The molecule has 7 nitrogen and oxygen atoms in total. The largest absolute Gasteiger partial charge is 0.472 e. The number of allylic oxidation sites excluding steroid dienone is 2. The number of phosphoric acid groups is 1. The fourth-order valence-electron chi connectivity index (χ4n) is 3.03. The lowest BCUT2D eigenvalue weighted by Crippen LogP contribution is -2.37. The van der Waals surface area contributed by atoms with Gasteiger partial charge in [-0.05, 0) is 25.7 Å². The van der Waals surface area contributed by atoms with Gasteiger partial charge in [-0.1, -0.05) is 70.4 Å². The lowest BCUT2D eigenvalue weighted by molar-refractivity contribution is -0.870. The normalized spacial score (nSPS) is 15.3. The second-order valence-corrected chi connectivity index (χ2v) is 11.0. The summed E-state index contributed by atoms with van der Waals surface area (Å²) < 4.78 is 27.5. The Morgan fingerprint density at radius 1 is 0.812 bits per heavy atom. The number of ether oxygens (including phenoxy) is 1. The maximum Gasteiger partial charge on any atom is 0.472 e. The van der Waals surface area contributed by atoms with Crippen LogP contribution in [0.3, 0.4) is 0 Å². The molecule has 0 aliphatic rings. The molecule has 0 radical (unpaired) electrons. The zero-order valence-electron chi connectivity index (χ0n) is 21.2. The summed E-state index contributed by atoms with van der Waals surface area (Å²) in [6.45, 7) is 3.25. The quantitative estimate of drug-likeness (QED) is 0.0874. The second-order valence-electron chi connectivity index (χ2n) is 9.57. The SMILES string of the molecule is CCCCCCCCCCC/C=C\CCCOC[C@H](O)COP(=O)(O)OCC[N+](C)(C)C. The van der Waals surface area contributed by atoms with Gasteiger partial charge in [0.1, 0.15) is 19.3 Å². The highest BCUT2D eigenvalue weighted by molar-refractivity contribution is 7.47. The summed E-state index contributed by atoms with van der Waals surface area (Å²) in [5.41, 5.74) is 0. The molecule has 0 heterocycles. The summed E-state index contributed by atoms with van der Waals surface area (Å²) >= 11 is 0. The first kappa shape index (κ1) is 31.7. The van der Waals surface area contributed by atoms with Crippen LogP contribution in [0.4, 0.5) is 0 Å². The Bertz CT molecular complexity index is 495. The van der Waals surface area contributed by atoms with E-state index in [1.54, 1.807) is 0 Å². The number of phosphoric ester groups is 1. The van der Waals surface area contributed by atoms with Crippen molar-refractivity contribution in [1.82, 2.24) is 0 Å². The molecule has 1 unspecified atom stereocenters. The predicted molar refractivity (Wildman–Crippen MR) is 132 cm³/mol. The van der Waals surface area contributed by atoms with Crippen LogP contribution in [-0.4, -0.2) is 74.7 Å². The molecule has 0 aromatic heterocycles. The van der Waals surface area contributed by atoms with Crippen molar-refractivity contribution < 1.29 is 32.8 Å². The smallest absolute Gasteiger partial charge is 0.388 e. The molecule has 0 fully saturated rings. The number of rotatable bonds is 23. The van der Waals surface area contributed by atoms with E-state index < -0.39 is 13.9 Å². The number of hydrogen-bond donors (Lipinski definition) is 2. The summed E-state index contributed by atoms with van der Waals surface area (Å²) in [4.78, 5) is 9.62. The molecule has 2 N–H and O–H groups in total. The van der Waals surface area contributed by atoms with E-state index >= 15 is 0 Å². The van der Waals surface area contributed by atoms with Crippen LogP contribution in [0.25, 0.3) is 0 Å². The van der Waals surface area contributed by atoms with E-state index in [2.05, 4.69) is 19.1 Å². The van der Waals surface area contributed by atoms with E-state index in [4.69, 9.17) is 13.8 Å². The minimum absolute atomic E-state index is 0.0705. The maximum atomic E-state index is 11.8. The third kappa shape index (κ3) is 24.4. The van der Waals surface area contributed by atoms with Crippen molar-refractivity contribution in [3.8, 4) is 0 Å². The fraction of sp³-hybridized carbons (Fsp3) is 0.917. The van der Waals surface area contributed by atoms with Gasteiger partial charge >= 0.3 is 7.82 Å². The van der Waals surface area contributed by atoms with Gasteiger partial charge in [-0.3, -0.25) is 9.05 Å². The van der Waals surface area contributed by atoms with E-state index in [1.807, 2.05) is 21.1 Å². The Labute approximate surface area is 197 Å². The van der Waals surface area contributed by atoms with E-state index in [-0.39, 0.29) is 19.8 Å². The number of hydrogen-bond acceptors (Lipinski definition) is 5. The van der Waals surface area contributed by atoms with Crippen molar-refractivity contribution >= 4 is 7.82 Å². The molecule has 0 aliphatic heterocycles. The molecular formula is C24H51NO6P+. The molecule has 0 spiro atoms. The first-order valence-corrected chi connectivity index (χ1v) is 14.0. The zero-order valence-corrected chi connectivity index (χ0v) is 22.1. The van der Waals surface area contributed by atoms with Crippen LogP contribution in [0.1, 0.15) is 84.0 Å². The van der Waals surface area contributed by atoms with Crippen molar-refractivity contribution in [3.63, 3.8) is 0 Å². The molecule has 0 bridgehead atoms. The molecule has 2 atom stereocenters. The topological polar surface area (TPSA) is 85.2 Å². The molecule has 0 aliphatic carbocycles. The third-order valence-electron chi connectivity index (χ3n) is 5.06. The lowest BCUT2D eigenvalue weighted by Gasteiger charge is -2.24. The molecule has 8 heteroatoms. The van der Waals surface area contributed by atoms with Crippen LogP contribution < -0.4 is 0 Å². The Hall–Kier alpha value is -0.270. The number of unbranched alkanes of at least 4 members (excludes halogenated alkanes) is 10. The molecule has 0 aromatic carbocycles. The highest BCUT2D eigenvalue weighted by Gasteiger charge is 2.24. The highest BCUT2D eigenvalue weighted by atomic mass is 31.2. The molecular weight excluding hydrogens is 429 g/mol. The van der Waals surface area contributed by atoms with Gasteiger partial charge in [-0.2, -0.15) is 0 Å². The van der Waals surface area contributed by atoms with Gasteiger partial charge in [0.15, 0.2) is 0 Å². The first-order valence-electron chi connectivity index (χ1n) is 12.5. The fourth-order valence-corrected chi connectivity index (χ4v) is 3.77. The third-order valence-corrected chi connectivity index (χ3v) is 6.04. The van der Waals surface area contributed by atoms with Gasteiger partial charge in [-0.15, -0.1) is 0 Å². The first-order chi connectivity index (χ1) is 15.2. The molecule has 0 aromatic rings. The van der Waals surface area contributed by atoms with E-state index in [0.29, 0.717) is 17.6 Å². The summed E-state index contributed by atoms with van der Waals surface area (Å²) in [5.74, 6) is 0. The standard InChI is InChI=1S/C24H50NO6P/c1-5-6-7-8-9-10-11-12-13-14-15-16-17-18-20-29-22-24(26)23-31-32(27,28)30-21-19-25(2,3)4/h15-16,24,26H,5-14,17-23H2,1-4H3/p+1/b16-15-/t24-/m0/s1. The van der Waals surface area contributed by atoms with Gasteiger partial charge in [0.25, 0.3) is 0 Å². The Morgan fingerprint density at radius 3 is 1.97 bits per heavy atom. The van der Waals surface area contributed by atoms with Crippen LogP contribution in [0.15, 0.2) is 12.2 Å². The molecule has 32 heavy (non-hydrogen) atoms. The molecule has 0 saturated heterocycles. The molecule has 192 valence electrons. The minimum atomic E-state index is -4.14. The monoisotopic (exact) mass is 480 g/mol. The van der Waals surface area contributed by atoms with Crippen molar-refractivity contribution in [1.29, 1.82) is 0 Å². The molecule has 0 amide bonds. The van der Waals surface area contributed by atoms with E-state index in [1.165, 1.54) is 57.8 Å². The van der Waals surface area contributed by atoms with Crippen LogP contribution in [-0.2, 0) is 18.3 Å². The van der Waals surface area contributed by atoms with Crippen LogP contribution in [0.2, 0.25) is 0 Å². The number of aliphatic hydroxyl groups is 1. The Balaban J connectivity index is 3.49. The van der Waals surface area contributed by atoms with Crippen LogP contribution in [0.5, 0.6) is 0 Å². The van der Waals surface area contributed by atoms with Crippen LogP contribution >= 0.6 is 7.82 Å². The summed E-state index contributed by atoms with van der Waals surface area (Å²) in [5, 5.41) is 9.83. The Kier molecular flexibility index (Phi) is 20.0. The summed E-state index contributed by atoms with van der Waals surface area (Å²) in [7, 11) is 1.74. The minimum Gasteiger partial charge on any atom is -0.388 e. The van der Waals surface area contributed by atoms with Crippen molar-refractivity contribution in [3.05, 3.63) is 12.2 Å². The number of quaternary nitrogens is 1. The van der Waals surface area contributed by atoms with Crippen molar-refractivity contribution in [2.24, 2.45) is 0 Å². The highest BCUT2D eigenvalue weighted by Crippen LogP contribution is 2.43. The zero-order chi connectivity index (χ0) is 24.1. The molecule has 0 saturated carbocycles. The summed E-state index contributed by atoms with van der Waals surface area (Å²) in [6.07, 6.45) is 18.7. The number of likely N-dealkylation sites (N-methyl/N-ethyl adjacent to an activating group) is 1. The van der Waals surface area contributed by atoms with Gasteiger partial charge in [0.05, 0.1) is 34.4 Å². The molecule has 0 rings (SSSR count). The summed E-state index contributed by atoms with van der Waals surface area (Å²) in [6, 6.07) is 0. The van der Waals surface area contributed by atoms with Crippen molar-refractivity contribution in [2.75, 3.05) is 54.1 Å². The van der Waals surface area contributed by atoms with Gasteiger partial charge in [0, 0.05) is 6.61 Å². The lowest BCUT2D eigenvalue weighted by atomic mass is 10.1. The van der Waals surface area contributed by atoms with E-state index in [9.17, 15) is 14.6 Å².